The van der Waals surface area contributed by atoms with Crippen LogP contribution in [0.4, 0.5) is 8.78 Å². The first kappa shape index (κ1) is 22.4. The minimum Gasteiger partial charge on any atom is -0.283 e. The molecule has 182 valence electrons. The number of hydrogen-bond acceptors (Lipinski definition) is 6. The van der Waals surface area contributed by atoms with Crippen LogP contribution in [0.5, 0.6) is 0 Å². The Bertz CT molecular complexity index is 1720. The molecular formula is C24H19F2N7O2S. The minimum absolute atomic E-state index is 0.0631. The predicted octanol–water partition coefficient (Wildman–Crippen LogP) is 3.27. The molecule has 0 bridgehead atoms. The van der Waals surface area contributed by atoms with E-state index in [4.69, 9.17) is 4.98 Å². The second-order valence-corrected chi connectivity index (χ2v) is 9.49. The Morgan fingerprint density at radius 3 is 2.53 bits per heavy atom. The van der Waals surface area contributed by atoms with Crippen molar-refractivity contribution in [1.82, 2.24) is 34.0 Å². The highest BCUT2D eigenvalue weighted by atomic mass is 32.2. The third-order valence-corrected chi connectivity index (χ3v) is 6.88. The van der Waals surface area contributed by atoms with Gasteiger partial charge in [0.05, 0.1) is 34.7 Å². The number of benzene rings is 1. The molecule has 9 nitrogen and oxygen atoms in total. The second-order valence-electron chi connectivity index (χ2n) is 8.75. The summed E-state index contributed by atoms with van der Waals surface area (Å²) in [4.78, 5) is 13.2. The maximum Gasteiger partial charge on any atom is 0.202 e. The Balaban J connectivity index is 1.51. The molecule has 1 saturated carbocycles. The van der Waals surface area contributed by atoms with Crippen molar-refractivity contribution >= 4 is 21.9 Å². The summed E-state index contributed by atoms with van der Waals surface area (Å²) in [5, 5.41) is 4.21. The smallest absolute Gasteiger partial charge is 0.202 e. The Kier molecular flexibility index (Phi) is 5.16. The monoisotopic (exact) mass is 507 g/mol. The van der Waals surface area contributed by atoms with E-state index in [1.165, 1.54) is 0 Å². The van der Waals surface area contributed by atoms with Crippen LogP contribution >= 0.6 is 0 Å². The zero-order chi connectivity index (χ0) is 25.0. The van der Waals surface area contributed by atoms with E-state index in [1.807, 2.05) is 31.4 Å². The summed E-state index contributed by atoms with van der Waals surface area (Å²) in [5.41, 5.74) is 3.18. The lowest BCUT2D eigenvalue weighted by atomic mass is 10.1. The Labute approximate surface area is 205 Å². The summed E-state index contributed by atoms with van der Waals surface area (Å²) >= 11 is 0. The largest absolute Gasteiger partial charge is 0.283 e. The number of imidazole rings is 1. The van der Waals surface area contributed by atoms with Gasteiger partial charge in [0.25, 0.3) is 0 Å². The maximum absolute atomic E-state index is 14.7. The van der Waals surface area contributed by atoms with Gasteiger partial charge in [-0.05, 0) is 42.7 Å². The molecule has 4 aromatic heterocycles. The van der Waals surface area contributed by atoms with Crippen LogP contribution in [0.1, 0.15) is 18.5 Å². The van der Waals surface area contributed by atoms with E-state index >= 15 is 0 Å². The van der Waals surface area contributed by atoms with Gasteiger partial charge in [-0.15, -0.1) is 0 Å². The molecule has 1 N–H and O–H groups in total. The molecule has 0 radical (unpaired) electrons. The fourth-order valence-electron chi connectivity index (χ4n) is 4.32. The van der Waals surface area contributed by atoms with Crippen LogP contribution in [0.3, 0.4) is 0 Å². The van der Waals surface area contributed by atoms with Crippen LogP contribution in [0.25, 0.3) is 39.2 Å². The summed E-state index contributed by atoms with van der Waals surface area (Å²) < 4.78 is 57.2. The van der Waals surface area contributed by atoms with E-state index in [9.17, 15) is 17.2 Å². The van der Waals surface area contributed by atoms with Gasteiger partial charge < -0.3 is 0 Å². The highest BCUT2D eigenvalue weighted by molar-refractivity contribution is 7.70. The lowest BCUT2D eigenvalue weighted by Gasteiger charge is -2.16. The van der Waals surface area contributed by atoms with Crippen LogP contribution in [0.15, 0.2) is 61.3 Å². The van der Waals surface area contributed by atoms with Gasteiger partial charge in [0.1, 0.15) is 23.7 Å². The normalized spacial score (nSPS) is 14.6. The summed E-state index contributed by atoms with van der Waals surface area (Å²) in [6, 6.07) is 9.74. The summed E-state index contributed by atoms with van der Waals surface area (Å²) in [6.45, 7) is 0. The fraction of sp³-hybridized carbons (Fsp3) is 0.167. The third-order valence-electron chi connectivity index (χ3n) is 6.27. The van der Waals surface area contributed by atoms with Gasteiger partial charge in [0.2, 0.25) is 10.9 Å². The lowest BCUT2D eigenvalue weighted by Crippen LogP contribution is -2.28. The van der Waals surface area contributed by atoms with Gasteiger partial charge in [0.15, 0.2) is 5.82 Å². The van der Waals surface area contributed by atoms with Gasteiger partial charge in [-0.3, -0.25) is 14.2 Å². The molecule has 0 amide bonds. The molecule has 0 atom stereocenters. The highest BCUT2D eigenvalue weighted by Gasteiger charge is 2.47. The number of aromatic nitrogens is 6. The van der Waals surface area contributed by atoms with Gasteiger partial charge in [-0.1, -0.05) is 6.07 Å². The minimum atomic E-state index is -2.89. The van der Waals surface area contributed by atoms with Crippen molar-refractivity contribution in [3.63, 3.8) is 0 Å². The Morgan fingerprint density at radius 2 is 1.83 bits per heavy atom. The zero-order valence-electron chi connectivity index (χ0n) is 18.9. The molecule has 1 aromatic carbocycles. The van der Waals surface area contributed by atoms with Crippen LogP contribution in [0, 0.1) is 11.6 Å². The van der Waals surface area contributed by atoms with Gasteiger partial charge in [0, 0.05) is 30.4 Å². The molecule has 6 rings (SSSR count). The number of hydrogen-bond donors (Lipinski definition) is 2. The van der Waals surface area contributed by atoms with Gasteiger partial charge >= 0.3 is 0 Å². The van der Waals surface area contributed by atoms with E-state index < -0.39 is 28.1 Å². The first-order chi connectivity index (χ1) is 17.3. The van der Waals surface area contributed by atoms with Crippen molar-refractivity contribution in [2.24, 2.45) is 7.05 Å². The van der Waals surface area contributed by atoms with Gasteiger partial charge in [-0.2, -0.15) is 5.10 Å². The number of halogens is 2. The molecule has 4 heterocycles. The zero-order valence-corrected chi connectivity index (χ0v) is 19.8. The van der Waals surface area contributed by atoms with Crippen LogP contribution in [-0.4, -0.2) is 37.7 Å². The molecule has 0 unspecified atom stereocenters. The Morgan fingerprint density at radius 1 is 1.00 bits per heavy atom. The van der Waals surface area contributed by atoms with E-state index in [1.54, 1.807) is 33.9 Å². The molecule has 0 saturated heterocycles. The first-order valence-electron chi connectivity index (χ1n) is 11.0. The lowest BCUT2D eigenvalue weighted by molar-refractivity contribution is 0.563. The van der Waals surface area contributed by atoms with E-state index in [0.717, 1.165) is 28.9 Å². The number of fused-ring (bicyclic) bond motifs is 1. The number of thiol groups is 1. The predicted molar refractivity (Wildman–Crippen MR) is 129 cm³/mol. The summed E-state index contributed by atoms with van der Waals surface area (Å²) in [5.74, 6) is -1.22. The SMILES string of the molecule is Cn1cc(-c2ccc3c(c2)ncn3-c2cc(-c3ncc(F)cc3F)cc(C3(N[SH](=O)=O)CC3)n2)cn1. The van der Waals surface area contributed by atoms with Crippen molar-refractivity contribution in [2.75, 3.05) is 0 Å². The van der Waals surface area contributed by atoms with E-state index in [-0.39, 0.29) is 5.69 Å². The average Bonchev–Trinajstić information content (AvgIpc) is 3.28. The Hall–Kier alpha value is -4.03. The molecule has 1 aliphatic rings. The number of rotatable bonds is 6. The van der Waals surface area contributed by atoms with Crippen LogP contribution < -0.4 is 4.72 Å². The molecule has 1 aliphatic carbocycles. The van der Waals surface area contributed by atoms with Crippen molar-refractivity contribution < 1.29 is 17.2 Å². The summed E-state index contributed by atoms with van der Waals surface area (Å²) in [7, 11) is -1.04. The topological polar surface area (TPSA) is 108 Å². The molecule has 1 fully saturated rings. The standard InChI is InChI=1S/C24H19F2N7O2S/c1-32-12-16(10-29-32)14-2-3-20-19(6-14)28-13-33(20)22-8-15(23-18(26)9-17(25)11-27-23)7-21(30-22)24(4-5-24)31-36(34)35/h2-3,6-13,36H,4-5H2,1H3,(H,31,34,35). The molecule has 36 heavy (non-hydrogen) atoms. The molecular weight excluding hydrogens is 488 g/mol. The number of nitrogens with one attached hydrogen (secondary N) is 1. The molecule has 5 aromatic rings. The van der Waals surface area contributed by atoms with Crippen LogP contribution in [0.2, 0.25) is 0 Å². The molecule has 0 aliphatic heterocycles. The van der Waals surface area contributed by atoms with Gasteiger partial charge in [-0.25, -0.2) is 31.9 Å². The number of nitrogens with zero attached hydrogens (tertiary/aromatic N) is 6. The highest BCUT2D eigenvalue weighted by Crippen LogP contribution is 2.46. The fourth-order valence-corrected chi connectivity index (χ4v) is 5.01. The average molecular weight is 508 g/mol. The molecule has 12 heteroatoms. The molecule has 0 spiro atoms. The quantitative estimate of drug-likeness (QED) is 0.342. The maximum atomic E-state index is 14.7. The number of aryl methyl sites for hydroxylation is 1. The van der Waals surface area contributed by atoms with Crippen molar-refractivity contribution in [1.29, 1.82) is 0 Å². The summed E-state index contributed by atoms with van der Waals surface area (Å²) in [6.07, 6.45) is 7.30. The van der Waals surface area contributed by atoms with E-state index in [0.29, 0.717) is 35.4 Å². The van der Waals surface area contributed by atoms with E-state index in [2.05, 4.69) is 19.8 Å². The second kappa shape index (κ2) is 8.28. The van der Waals surface area contributed by atoms with Crippen LogP contribution in [-0.2, 0) is 23.5 Å². The van der Waals surface area contributed by atoms with Crippen molar-refractivity contribution in [3.8, 4) is 28.2 Å². The number of pyridine rings is 2. The van der Waals surface area contributed by atoms with Crippen molar-refractivity contribution in [3.05, 3.63) is 78.6 Å². The third kappa shape index (κ3) is 3.93. The van der Waals surface area contributed by atoms with Crippen molar-refractivity contribution in [2.45, 2.75) is 18.4 Å². The first-order valence-corrected chi connectivity index (χ1v) is 12.2.